The summed E-state index contributed by atoms with van der Waals surface area (Å²) in [4.78, 5) is 30.5. The molecule has 7 rings (SSSR count). The van der Waals surface area contributed by atoms with Gasteiger partial charge in [0.25, 0.3) is 5.92 Å². The van der Waals surface area contributed by atoms with Crippen LogP contribution in [0.4, 0.5) is 13.6 Å². The number of hydrogen-bond donors (Lipinski definition) is 1. The molecule has 3 aliphatic heterocycles. The lowest BCUT2D eigenvalue weighted by molar-refractivity contribution is -0.199. The maximum Gasteiger partial charge on any atom is 0.482 e. The number of carbonyl (C=O) groups is 2. The predicted molar refractivity (Wildman–Crippen MR) is 181 cm³/mol. The maximum absolute atomic E-state index is 13.9. The fourth-order valence-corrected chi connectivity index (χ4v) is 9.64. The van der Waals surface area contributed by atoms with Crippen molar-refractivity contribution in [3.05, 3.63) is 35.9 Å². The van der Waals surface area contributed by atoms with Crippen LogP contribution in [0.2, 0.25) is 0 Å². The van der Waals surface area contributed by atoms with Crippen LogP contribution >= 0.6 is 0 Å². The van der Waals surface area contributed by atoms with Gasteiger partial charge in [-0.3, -0.25) is 9.69 Å². The summed E-state index contributed by atoms with van der Waals surface area (Å²) in [5.41, 5.74) is 0.225. The Labute approximate surface area is 290 Å². The van der Waals surface area contributed by atoms with E-state index in [0.717, 1.165) is 18.4 Å². The molecule has 0 radical (unpaired) electrons. The molecule has 12 heteroatoms. The van der Waals surface area contributed by atoms with Crippen molar-refractivity contribution in [1.82, 2.24) is 15.1 Å². The Balaban J connectivity index is 1.07. The number of benzene rings is 1. The molecule has 1 unspecified atom stereocenters. The summed E-state index contributed by atoms with van der Waals surface area (Å²) in [5, 5.41) is 13.1. The van der Waals surface area contributed by atoms with E-state index in [0.29, 0.717) is 44.1 Å². The molecule has 3 aliphatic carbocycles. The van der Waals surface area contributed by atoms with Gasteiger partial charge in [0, 0.05) is 25.0 Å². The summed E-state index contributed by atoms with van der Waals surface area (Å²) in [7, 11) is -0.628. The number of amides is 2. The smallest absolute Gasteiger partial charge is 0.444 e. The molecule has 3 heterocycles. The van der Waals surface area contributed by atoms with Crippen molar-refractivity contribution < 1.29 is 32.4 Å². The Hall–Kier alpha value is -2.75. The number of nitrogens with one attached hydrogen (secondary N) is 1. The molecule has 49 heavy (non-hydrogen) atoms. The molecule has 9 nitrogen and oxygen atoms in total. The summed E-state index contributed by atoms with van der Waals surface area (Å²) >= 11 is 0. The molecule has 0 aromatic heterocycles. The molecule has 6 aliphatic rings. The maximum atomic E-state index is 13.9. The van der Waals surface area contributed by atoms with Crippen LogP contribution in [0.5, 0.6) is 0 Å². The normalized spacial score (nSPS) is 32.3. The van der Waals surface area contributed by atoms with Gasteiger partial charge in [0.05, 0.1) is 36.8 Å². The SMILES string of the molecule is C[C@@H](CC(C)(C)N1CCC(F)(F)C1)C(C#N)C(=O)N1CCC[C@@H](OC(=O)N[C@@H](Cc2ccccc2)B2O[C@@H]3C[C@@H]4C[C@@H](C4(C)C)[C@]3(C)O2)C1. The van der Waals surface area contributed by atoms with Gasteiger partial charge in [0.15, 0.2) is 0 Å². The van der Waals surface area contributed by atoms with E-state index in [4.69, 9.17) is 14.0 Å². The Morgan fingerprint density at radius 1 is 1.18 bits per heavy atom. The van der Waals surface area contributed by atoms with Gasteiger partial charge in [0.2, 0.25) is 5.91 Å². The van der Waals surface area contributed by atoms with Crippen molar-refractivity contribution in [3.8, 4) is 6.07 Å². The molecule has 2 amide bonds. The molecule has 6 fully saturated rings. The third-order valence-corrected chi connectivity index (χ3v) is 12.7. The van der Waals surface area contributed by atoms with Gasteiger partial charge in [-0.1, -0.05) is 51.1 Å². The van der Waals surface area contributed by atoms with Crippen LogP contribution in [0.15, 0.2) is 30.3 Å². The van der Waals surface area contributed by atoms with E-state index in [-0.39, 0.29) is 49.4 Å². The first kappa shape index (κ1) is 36.1. The first-order valence-corrected chi connectivity index (χ1v) is 18.2. The third-order valence-electron chi connectivity index (χ3n) is 12.7. The van der Waals surface area contributed by atoms with Crippen LogP contribution in [0.3, 0.4) is 0 Å². The van der Waals surface area contributed by atoms with Crippen LogP contribution in [0.1, 0.15) is 85.6 Å². The number of hydrogen-bond acceptors (Lipinski definition) is 7. The van der Waals surface area contributed by atoms with E-state index in [1.807, 2.05) is 51.1 Å². The van der Waals surface area contributed by atoms with E-state index in [2.05, 4.69) is 32.2 Å². The molecule has 268 valence electrons. The fourth-order valence-electron chi connectivity index (χ4n) is 9.64. The van der Waals surface area contributed by atoms with Crippen molar-refractivity contribution in [3.63, 3.8) is 0 Å². The second-order valence-corrected chi connectivity index (χ2v) is 16.9. The standard InChI is InChI=1S/C37H53BF2N4O5/c1-24(20-34(2,3)44-16-14-37(39,40)23-44)28(21-41)32(45)43-15-10-13-27(22-43)47-33(46)42-31(17-25-11-8-7-9-12-25)38-48-30-19-26-18-29(35(26,4)5)36(30,6)49-38/h7-9,11-12,24,26-31H,10,13-20,22-23H2,1-6H3,(H,42,46)/t24-,26-,27+,28?,29-,30+,31-,36-/m0/s1. The molecule has 3 saturated heterocycles. The molecular formula is C37H53BF2N4O5. The minimum absolute atomic E-state index is 0.0272. The monoisotopic (exact) mass is 682 g/mol. The number of carbonyl (C=O) groups excluding carboxylic acids is 2. The highest BCUT2D eigenvalue weighted by Crippen LogP contribution is 2.65. The van der Waals surface area contributed by atoms with Crippen LogP contribution in [0.25, 0.3) is 0 Å². The largest absolute Gasteiger partial charge is 0.482 e. The fraction of sp³-hybridized carbons (Fsp3) is 0.757. The Morgan fingerprint density at radius 2 is 1.92 bits per heavy atom. The van der Waals surface area contributed by atoms with Gasteiger partial charge in [-0.25, -0.2) is 13.6 Å². The molecule has 2 bridgehead atoms. The highest BCUT2D eigenvalue weighted by Gasteiger charge is 2.68. The molecular weight excluding hydrogens is 629 g/mol. The molecule has 1 aromatic rings. The zero-order chi connectivity index (χ0) is 35.4. The van der Waals surface area contributed by atoms with Crippen molar-refractivity contribution in [1.29, 1.82) is 5.26 Å². The number of likely N-dealkylation sites (tertiary alicyclic amines) is 2. The first-order chi connectivity index (χ1) is 23.0. The molecule has 1 aromatic carbocycles. The number of nitriles is 1. The van der Waals surface area contributed by atoms with E-state index < -0.39 is 48.2 Å². The molecule has 1 N–H and O–H groups in total. The second-order valence-electron chi connectivity index (χ2n) is 16.9. The highest BCUT2D eigenvalue weighted by atomic mass is 19.3. The highest BCUT2D eigenvalue weighted by molar-refractivity contribution is 6.47. The first-order valence-electron chi connectivity index (χ1n) is 18.2. The minimum atomic E-state index is -2.72. The van der Waals surface area contributed by atoms with Gasteiger partial charge in [-0.2, -0.15) is 5.26 Å². The number of rotatable bonds is 10. The Morgan fingerprint density at radius 3 is 2.57 bits per heavy atom. The third kappa shape index (κ3) is 7.23. The van der Waals surface area contributed by atoms with Crippen molar-refractivity contribution in [2.24, 2.45) is 29.1 Å². The lowest BCUT2D eigenvalue weighted by atomic mass is 9.43. The number of ether oxygens (including phenoxy) is 1. The van der Waals surface area contributed by atoms with E-state index in [1.165, 1.54) is 0 Å². The zero-order valence-electron chi connectivity index (χ0n) is 29.9. The Kier molecular flexibility index (Phi) is 9.88. The van der Waals surface area contributed by atoms with Crippen LogP contribution in [0, 0.1) is 40.4 Å². The summed E-state index contributed by atoms with van der Waals surface area (Å²) in [5.74, 6) is -3.79. The summed E-state index contributed by atoms with van der Waals surface area (Å²) < 4.78 is 47.1. The molecule has 3 saturated carbocycles. The quantitative estimate of drug-likeness (QED) is 0.308. The van der Waals surface area contributed by atoms with Gasteiger partial charge >= 0.3 is 13.2 Å². The van der Waals surface area contributed by atoms with Gasteiger partial charge in [0.1, 0.15) is 12.0 Å². The molecule has 8 atom stereocenters. The topological polar surface area (TPSA) is 104 Å². The van der Waals surface area contributed by atoms with E-state index >= 15 is 0 Å². The van der Waals surface area contributed by atoms with Crippen LogP contribution < -0.4 is 5.32 Å². The number of halogens is 2. The number of alkyl halides is 2. The number of alkyl carbamates (subject to hydrolysis) is 1. The predicted octanol–water partition coefficient (Wildman–Crippen LogP) is 5.87. The summed E-state index contributed by atoms with van der Waals surface area (Å²) in [6.45, 7) is 13.1. The van der Waals surface area contributed by atoms with E-state index in [1.54, 1.807) is 9.80 Å². The minimum Gasteiger partial charge on any atom is -0.444 e. The zero-order valence-corrected chi connectivity index (χ0v) is 29.9. The molecule has 0 spiro atoms. The Bertz CT molecular complexity index is 1420. The summed E-state index contributed by atoms with van der Waals surface area (Å²) in [6, 6.07) is 12.1. The van der Waals surface area contributed by atoms with Gasteiger partial charge in [-0.05, 0) is 88.0 Å². The van der Waals surface area contributed by atoms with Crippen molar-refractivity contribution >= 4 is 19.1 Å². The van der Waals surface area contributed by atoms with Crippen LogP contribution in [-0.2, 0) is 25.3 Å². The summed E-state index contributed by atoms with van der Waals surface area (Å²) in [6.07, 6.45) is 2.90. The average molecular weight is 683 g/mol. The van der Waals surface area contributed by atoms with Crippen molar-refractivity contribution in [2.45, 2.75) is 122 Å². The van der Waals surface area contributed by atoms with Crippen molar-refractivity contribution in [2.75, 3.05) is 26.2 Å². The average Bonchev–Trinajstić information content (AvgIpc) is 3.60. The van der Waals surface area contributed by atoms with Gasteiger partial charge in [-0.15, -0.1) is 0 Å². The lowest BCUT2D eigenvalue weighted by Gasteiger charge is -2.64. The van der Waals surface area contributed by atoms with Gasteiger partial charge < -0.3 is 24.3 Å². The number of piperidine rings is 1. The lowest BCUT2D eigenvalue weighted by Crippen LogP contribution is -2.65. The van der Waals surface area contributed by atoms with E-state index in [9.17, 15) is 23.6 Å². The van der Waals surface area contributed by atoms with Crippen LogP contribution in [-0.4, -0.2) is 90.3 Å². The number of nitrogens with zero attached hydrogens (tertiary/aromatic N) is 3. The second kappa shape index (κ2) is 13.4.